The van der Waals surface area contributed by atoms with Gasteiger partial charge in [0.2, 0.25) is 0 Å². The minimum absolute atomic E-state index is 0.0408. The third kappa shape index (κ3) is 3.71. The summed E-state index contributed by atoms with van der Waals surface area (Å²) < 4.78 is 6.63. The number of aryl methyl sites for hydroxylation is 1. The summed E-state index contributed by atoms with van der Waals surface area (Å²) in [4.78, 5) is 54.3. The highest BCUT2D eigenvalue weighted by Crippen LogP contribution is 2.22. The van der Waals surface area contributed by atoms with Gasteiger partial charge >= 0.3 is 5.97 Å². The zero-order valence-corrected chi connectivity index (χ0v) is 16.3. The second-order valence-electron chi connectivity index (χ2n) is 7.09. The van der Waals surface area contributed by atoms with Crippen molar-refractivity contribution in [2.45, 2.75) is 26.4 Å². The van der Waals surface area contributed by atoms with E-state index in [-0.39, 0.29) is 43.4 Å². The van der Waals surface area contributed by atoms with Crippen LogP contribution in [-0.4, -0.2) is 38.6 Å². The van der Waals surface area contributed by atoms with Gasteiger partial charge < -0.3 is 4.74 Å². The average Bonchev–Trinajstić information content (AvgIpc) is 2.98. The number of hydrogen-bond acceptors (Lipinski definition) is 6. The molecule has 4 rings (SSSR count). The molecule has 3 aromatic rings. The fourth-order valence-corrected chi connectivity index (χ4v) is 3.38. The first-order chi connectivity index (χ1) is 14.4. The van der Waals surface area contributed by atoms with E-state index in [4.69, 9.17) is 4.74 Å². The lowest BCUT2D eigenvalue weighted by atomic mass is 10.1. The Morgan fingerprint density at radius 2 is 1.73 bits per heavy atom. The van der Waals surface area contributed by atoms with Crippen molar-refractivity contribution in [3.8, 4) is 0 Å². The van der Waals surface area contributed by atoms with Crippen LogP contribution in [0.1, 0.15) is 44.8 Å². The van der Waals surface area contributed by atoms with Crippen LogP contribution >= 0.6 is 0 Å². The molecule has 1 aromatic carbocycles. The number of esters is 1. The normalized spacial score (nSPS) is 13.0. The number of ether oxygens (including phenoxy) is 1. The predicted molar refractivity (Wildman–Crippen MR) is 107 cm³/mol. The summed E-state index contributed by atoms with van der Waals surface area (Å²) in [5.41, 5.74) is 2.29. The van der Waals surface area contributed by atoms with E-state index in [1.54, 1.807) is 36.5 Å². The molecule has 1 aliphatic heterocycles. The van der Waals surface area contributed by atoms with Gasteiger partial charge in [0.15, 0.2) is 0 Å². The summed E-state index contributed by atoms with van der Waals surface area (Å²) in [6.07, 6.45) is 2.02. The maximum atomic E-state index is 12.3. The summed E-state index contributed by atoms with van der Waals surface area (Å²) in [5.74, 6) is -1.18. The number of imide groups is 1. The third-order valence-corrected chi connectivity index (χ3v) is 4.88. The highest BCUT2D eigenvalue weighted by Gasteiger charge is 2.34. The van der Waals surface area contributed by atoms with Gasteiger partial charge in [-0.2, -0.15) is 0 Å². The van der Waals surface area contributed by atoms with Gasteiger partial charge in [-0.25, -0.2) is 4.98 Å². The zero-order valence-electron chi connectivity index (χ0n) is 16.3. The number of hydrogen-bond donors (Lipinski definition) is 0. The van der Waals surface area contributed by atoms with Crippen LogP contribution in [0.25, 0.3) is 5.65 Å². The number of carbonyl (C=O) groups is 3. The molecule has 0 fully saturated rings. The molecule has 1 aliphatic rings. The van der Waals surface area contributed by atoms with Crippen molar-refractivity contribution in [2.24, 2.45) is 0 Å². The van der Waals surface area contributed by atoms with Crippen molar-refractivity contribution in [3.63, 3.8) is 0 Å². The number of benzene rings is 1. The van der Waals surface area contributed by atoms with E-state index in [0.29, 0.717) is 22.5 Å². The van der Waals surface area contributed by atoms with Gasteiger partial charge in [0.05, 0.1) is 16.8 Å². The molecule has 2 amide bonds. The Morgan fingerprint density at radius 1 is 1.03 bits per heavy atom. The van der Waals surface area contributed by atoms with Crippen molar-refractivity contribution in [2.75, 3.05) is 6.54 Å². The van der Waals surface area contributed by atoms with E-state index in [9.17, 15) is 19.2 Å². The minimum atomic E-state index is -0.488. The molecule has 8 heteroatoms. The van der Waals surface area contributed by atoms with Crippen LogP contribution in [-0.2, 0) is 16.1 Å². The van der Waals surface area contributed by atoms with Crippen LogP contribution in [0.3, 0.4) is 0 Å². The molecular formula is C22H19N3O5. The molecule has 3 heterocycles. The smallest absolute Gasteiger partial charge is 0.306 e. The number of carbonyl (C=O) groups excluding carboxylic acids is 3. The number of fused-ring (bicyclic) bond motifs is 2. The number of rotatable bonds is 6. The van der Waals surface area contributed by atoms with Crippen molar-refractivity contribution in [1.82, 2.24) is 14.3 Å². The van der Waals surface area contributed by atoms with Crippen molar-refractivity contribution < 1.29 is 19.1 Å². The SMILES string of the molecule is Cc1ccc2nc(COC(=O)CCCN3C(=O)c4ccccc4C3=O)cc(=O)n2c1. The van der Waals surface area contributed by atoms with Gasteiger partial charge in [-0.05, 0) is 37.1 Å². The van der Waals surface area contributed by atoms with Crippen LogP contribution in [0.15, 0.2) is 53.5 Å². The van der Waals surface area contributed by atoms with E-state index < -0.39 is 5.97 Å². The molecule has 152 valence electrons. The van der Waals surface area contributed by atoms with Crippen molar-refractivity contribution in [3.05, 3.63) is 81.4 Å². The van der Waals surface area contributed by atoms with Gasteiger partial charge in [-0.3, -0.25) is 28.5 Å². The van der Waals surface area contributed by atoms with Gasteiger partial charge in [0.25, 0.3) is 17.4 Å². The molecule has 0 saturated heterocycles. The number of amides is 2. The van der Waals surface area contributed by atoms with Crippen molar-refractivity contribution >= 4 is 23.4 Å². The van der Waals surface area contributed by atoms with E-state index in [2.05, 4.69) is 4.98 Å². The second-order valence-corrected chi connectivity index (χ2v) is 7.09. The van der Waals surface area contributed by atoms with Crippen molar-refractivity contribution in [1.29, 1.82) is 0 Å². The van der Waals surface area contributed by atoms with Crippen LogP contribution in [0.2, 0.25) is 0 Å². The first-order valence-electron chi connectivity index (χ1n) is 9.54. The second kappa shape index (κ2) is 7.90. The third-order valence-electron chi connectivity index (χ3n) is 4.88. The number of pyridine rings is 1. The number of nitrogens with zero attached hydrogens (tertiary/aromatic N) is 3. The fraction of sp³-hybridized carbons (Fsp3) is 0.227. The minimum Gasteiger partial charge on any atom is -0.459 e. The largest absolute Gasteiger partial charge is 0.459 e. The lowest BCUT2D eigenvalue weighted by molar-refractivity contribution is -0.145. The quantitative estimate of drug-likeness (QED) is 0.460. The van der Waals surface area contributed by atoms with Crippen LogP contribution in [0.5, 0.6) is 0 Å². The van der Waals surface area contributed by atoms with E-state index in [1.165, 1.54) is 10.5 Å². The van der Waals surface area contributed by atoms with Crippen LogP contribution < -0.4 is 5.56 Å². The molecule has 2 aromatic heterocycles. The molecule has 0 saturated carbocycles. The van der Waals surface area contributed by atoms with E-state index in [0.717, 1.165) is 10.5 Å². The summed E-state index contributed by atoms with van der Waals surface area (Å²) >= 11 is 0. The molecule has 0 spiro atoms. The predicted octanol–water partition coefficient (Wildman–Crippen LogP) is 2.12. The molecule has 0 atom stereocenters. The van der Waals surface area contributed by atoms with Gasteiger partial charge in [0.1, 0.15) is 12.3 Å². The molecule has 0 bridgehead atoms. The molecular weight excluding hydrogens is 386 g/mol. The lowest BCUT2D eigenvalue weighted by Gasteiger charge is -2.13. The molecule has 0 unspecified atom stereocenters. The Bertz CT molecular complexity index is 1200. The zero-order chi connectivity index (χ0) is 21.3. The first kappa shape index (κ1) is 19.5. The molecule has 30 heavy (non-hydrogen) atoms. The van der Waals surface area contributed by atoms with Gasteiger partial charge in [0, 0.05) is 25.2 Å². The number of aromatic nitrogens is 2. The Balaban J connectivity index is 1.30. The summed E-state index contributed by atoms with van der Waals surface area (Å²) in [6, 6.07) is 11.5. The van der Waals surface area contributed by atoms with E-state index in [1.807, 2.05) is 13.0 Å². The molecule has 0 aliphatic carbocycles. The standard InChI is InChI=1S/C22H19N3O5/c1-14-8-9-18-23-15(11-19(26)25(18)12-14)13-30-20(27)7-4-10-24-21(28)16-5-2-3-6-17(16)22(24)29/h2-3,5-6,8-9,11-12H,4,7,10,13H2,1H3. The Hall–Kier alpha value is -3.81. The molecule has 0 radical (unpaired) electrons. The first-order valence-corrected chi connectivity index (χ1v) is 9.54. The van der Waals surface area contributed by atoms with Gasteiger partial charge in [-0.15, -0.1) is 0 Å². The maximum Gasteiger partial charge on any atom is 0.306 e. The summed E-state index contributed by atoms with van der Waals surface area (Å²) in [7, 11) is 0. The Labute approximate surface area is 171 Å². The van der Waals surface area contributed by atoms with Gasteiger partial charge in [-0.1, -0.05) is 18.2 Å². The van der Waals surface area contributed by atoms with Crippen LogP contribution in [0.4, 0.5) is 0 Å². The fourth-order valence-electron chi connectivity index (χ4n) is 3.38. The van der Waals surface area contributed by atoms with E-state index >= 15 is 0 Å². The lowest BCUT2D eigenvalue weighted by Crippen LogP contribution is -2.31. The Kier molecular flexibility index (Phi) is 5.14. The van der Waals surface area contributed by atoms with Crippen LogP contribution in [0, 0.1) is 6.92 Å². The summed E-state index contributed by atoms with van der Waals surface area (Å²) in [6.45, 7) is 1.89. The highest BCUT2D eigenvalue weighted by atomic mass is 16.5. The monoisotopic (exact) mass is 405 g/mol. The molecule has 8 nitrogen and oxygen atoms in total. The highest BCUT2D eigenvalue weighted by molar-refractivity contribution is 6.21. The average molecular weight is 405 g/mol. The maximum absolute atomic E-state index is 12.3. The Morgan fingerprint density at radius 3 is 2.43 bits per heavy atom. The molecule has 0 N–H and O–H groups in total. The topological polar surface area (TPSA) is 98.0 Å². The summed E-state index contributed by atoms with van der Waals surface area (Å²) in [5, 5.41) is 0.